The minimum Gasteiger partial charge on any atom is -0.362 e. The second kappa shape index (κ2) is 5.66. The van der Waals surface area contributed by atoms with E-state index < -0.39 is 0 Å². The summed E-state index contributed by atoms with van der Waals surface area (Å²) in [5.41, 5.74) is 0. The van der Waals surface area contributed by atoms with Gasteiger partial charge in [-0.15, -0.1) is 0 Å². The average Bonchev–Trinajstić information content (AvgIpc) is 2.38. The van der Waals surface area contributed by atoms with Crippen LogP contribution in [-0.2, 0) is 0 Å². The number of hydrogen-bond donors (Lipinski definition) is 1. The second-order valence-corrected chi connectivity index (χ2v) is 8.25. The molecule has 4 heteroatoms. The first kappa shape index (κ1) is 13.2. The zero-order chi connectivity index (χ0) is 12.4. The number of nitrogens with zero attached hydrogens (tertiary/aromatic N) is 1. The molecule has 2 nitrogen and oxygen atoms in total. The molecule has 0 aromatic heterocycles. The fraction of sp³-hybridized carbons (Fsp3) is 0.929. The van der Waals surface area contributed by atoms with Gasteiger partial charge in [0, 0.05) is 16.5 Å². The van der Waals surface area contributed by atoms with E-state index in [9.17, 15) is 0 Å². The molecule has 0 radical (unpaired) electrons. The Morgan fingerprint density at radius 3 is 2.89 bits per heavy atom. The van der Waals surface area contributed by atoms with Crippen molar-refractivity contribution in [3.05, 3.63) is 0 Å². The summed E-state index contributed by atoms with van der Waals surface area (Å²) in [6, 6.07) is 0.727. The fourth-order valence-electron chi connectivity index (χ4n) is 3.29. The van der Waals surface area contributed by atoms with Gasteiger partial charge in [-0.3, -0.25) is 4.99 Å². The van der Waals surface area contributed by atoms with Gasteiger partial charge in [-0.1, -0.05) is 31.0 Å². The van der Waals surface area contributed by atoms with Crippen molar-refractivity contribution in [3.63, 3.8) is 0 Å². The molecule has 2 aliphatic carbocycles. The third kappa shape index (κ3) is 2.69. The standard InChI is InChI=1S/C14H24N2S2/c1-17-14(7-4-8-14)10-15-13-16-12-6-3-2-5-11(12)9-18-13/h11-12H,2-10H2,1H3,(H,15,16). The van der Waals surface area contributed by atoms with Gasteiger partial charge in [-0.2, -0.15) is 11.8 Å². The maximum Gasteiger partial charge on any atom is 0.156 e. The molecule has 3 rings (SSSR count). The highest BCUT2D eigenvalue weighted by Crippen LogP contribution is 2.43. The van der Waals surface area contributed by atoms with Crippen molar-refractivity contribution in [2.24, 2.45) is 10.9 Å². The fourth-order valence-corrected chi connectivity index (χ4v) is 5.34. The van der Waals surface area contributed by atoms with Crippen molar-refractivity contribution in [2.75, 3.05) is 18.6 Å². The minimum absolute atomic E-state index is 0.485. The highest BCUT2D eigenvalue weighted by Gasteiger charge is 2.36. The quantitative estimate of drug-likeness (QED) is 0.858. The Labute approximate surface area is 119 Å². The minimum atomic E-state index is 0.485. The molecule has 1 heterocycles. The number of hydrogen-bond acceptors (Lipinski definition) is 3. The van der Waals surface area contributed by atoms with E-state index in [-0.39, 0.29) is 0 Å². The summed E-state index contributed by atoms with van der Waals surface area (Å²) < 4.78 is 0.485. The second-order valence-electron chi connectivity index (χ2n) is 5.97. The maximum atomic E-state index is 4.89. The van der Waals surface area contributed by atoms with E-state index >= 15 is 0 Å². The van der Waals surface area contributed by atoms with Crippen molar-refractivity contribution in [1.82, 2.24) is 5.32 Å². The summed E-state index contributed by atoms with van der Waals surface area (Å²) in [5.74, 6) is 2.20. The maximum absolute atomic E-state index is 4.89. The van der Waals surface area contributed by atoms with Gasteiger partial charge in [0.05, 0.1) is 6.54 Å². The highest BCUT2D eigenvalue weighted by molar-refractivity contribution is 8.13. The molecule has 102 valence electrons. The van der Waals surface area contributed by atoms with Crippen molar-refractivity contribution < 1.29 is 0 Å². The van der Waals surface area contributed by atoms with Crippen LogP contribution in [0.25, 0.3) is 0 Å². The molecule has 0 bridgehead atoms. The summed E-state index contributed by atoms with van der Waals surface area (Å²) in [6.07, 6.45) is 12.0. The number of rotatable bonds is 3. The van der Waals surface area contributed by atoms with Gasteiger partial charge in [-0.05, 0) is 37.9 Å². The summed E-state index contributed by atoms with van der Waals surface area (Å²) in [6.45, 7) is 1.03. The Balaban J connectivity index is 1.56. The smallest absolute Gasteiger partial charge is 0.156 e. The number of aliphatic imine (C=N–C) groups is 1. The predicted octanol–water partition coefficient (Wildman–Crippen LogP) is 3.52. The Kier molecular flexibility index (Phi) is 4.14. The van der Waals surface area contributed by atoms with Gasteiger partial charge >= 0.3 is 0 Å². The van der Waals surface area contributed by atoms with Crippen LogP contribution in [-0.4, -0.2) is 34.5 Å². The average molecular weight is 284 g/mol. The molecule has 2 saturated carbocycles. The van der Waals surface area contributed by atoms with Crippen LogP contribution >= 0.6 is 23.5 Å². The van der Waals surface area contributed by atoms with Crippen LogP contribution in [0.4, 0.5) is 0 Å². The summed E-state index contributed by atoms with van der Waals surface area (Å²) >= 11 is 3.99. The highest BCUT2D eigenvalue weighted by atomic mass is 32.2. The van der Waals surface area contributed by atoms with Gasteiger partial charge in [-0.25, -0.2) is 0 Å². The van der Waals surface area contributed by atoms with Gasteiger partial charge in [0.25, 0.3) is 0 Å². The van der Waals surface area contributed by atoms with Gasteiger partial charge in [0.2, 0.25) is 0 Å². The number of fused-ring (bicyclic) bond motifs is 1. The van der Waals surface area contributed by atoms with E-state index in [2.05, 4.69) is 11.6 Å². The summed E-state index contributed by atoms with van der Waals surface area (Å²) in [7, 11) is 0. The van der Waals surface area contributed by atoms with Crippen LogP contribution in [0.2, 0.25) is 0 Å². The van der Waals surface area contributed by atoms with Crippen LogP contribution < -0.4 is 5.32 Å². The third-order valence-corrected chi connectivity index (χ3v) is 7.38. The van der Waals surface area contributed by atoms with E-state index in [1.807, 2.05) is 23.5 Å². The van der Waals surface area contributed by atoms with E-state index in [1.165, 1.54) is 55.9 Å². The van der Waals surface area contributed by atoms with E-state index in [0.717, 1.165) is 18.5 Å². The van der Waals surface area contributed by atoms with Crippen LogP contribution in [0.1, 0.15) is 44.9 Å². The lowest BCUT2D eigenvalue weighted by atomic mass is 9.84. The zero-order valence-electron chi connectivity index (χ0n) is 11.3. The summed E-state index contributed by atoms with van der Waals surface area (Å²) in [5, 5.41) is 4.94. The third-order valence-electron chi connectivity index (χ3n) is 4.86. The molecule has 18 heavy (non-hydrogen) atoms. The van der Waals surface area contributed by atoms with Gasteiger partial charge in [0.1, 0.15) is 0 Å². The van der Waals surface area contributed by atoms with E-state index in [0.29, 0.717) is 4.75 Å². The molecule has 1 aliphatic heterocycles. The first-order chi connectivity index (χ1) is 8.81. The molecule has 1 N–H and O–H groups in total. The van der Waals surface area contributed by atoms with Crippen molar-refractivity contribution >= 4 is 28.7 Å². The lowest BCUT2D eigenvalue weighted by Gasteiger charge is -2.40. The van der Waals surface area contributed by atoms with Crippen LogP contribution in [0.3, 0.4) is 0 Å². The molecule has 0 aromatic carbocycles. The largest absolute Gasteiger partial charge is 0.362 e. The number of thioether (sulfide) groups is 2. The van der Waals surface area contributed by atoms with Crippen LogP contribution in [0.5, 0.6) is 0 Å². The van der Waals surface area contributed by atoms with Crippen molar-refractivity contribution in [2.45, 2.75) is 55.7 Å². The Hall–Kier alpha value is 0.170. The zero-order valence-corrected chi connectivity index (χ0v) is 12.9. The lowest BCUT2D eigenvalue weighted by molar-refractivity contribution is 0.310. The van der Waals surface area contributed by atoms with E-state index in [4.69, 9.17) is 4.99 Å². The molecule has 0 spiro atoms. The molecule has 0 aromatic rings. The molecule has 2 unspecified atom stereocenters. The molecular weight excluding hydrogens is 260 g/mol. The van der Waals surface area contributed by atoms with E-state index in [1.54, 1.807) is 0 Å². The monoisotopic (exact) mass is 284 g/mol. The van der Waals surface area contributed by atoms with Crippen molar-refractivity contribution in [1.29, 1.82) is 0 Å². The first-order valence-corrected chi connectivity index (χ1v) is 9.51. The topological polar surface area (TPSA) is 24.4 Å². The number of nitrogens with one attached hydrogen (secondary N) is 1. The van der Waals surface area contributed by atoms with Gasteiger partial charge in [0.15, 0.2) is 5.17 Å². The normalized spacial score (nSPS) is 36.6. The van der Waals surface area contributed by atoms with Crippen LogP contribution in [0.15, 0.2) is 4.99 Å². The van der Waals surface area contributed by atoms with Crippen molar-refractivity contribution in [3.8, 4) is 0 Å². The molecule has 0 amide bonds. The SMILES string of the molecule is CSC1(CN=C2NC3CCCCC3CS2)CCC1. The first-order valence-electron chi connectivity index (χ1n) is 7.30. The Morgan fingerprint density at radius 2 is 2.17 bits per heavy atom. The molecule has 1 saturated heterocycles. The molecule has 3 aliphatic rings. The predicted molar refractivity (Wildman–Crippen MR) is 83.7 cm³/mol. The van der Waals surface area contributed by atoms with Gasteiger partial charge < -0.3 is 5.32 Å². The molecule has 3 fully saturated rings. The van der Waals surface area contributed by atoms with Crippen LogP contribution in [0, 0.1) is 5.92 Å². The molecule has 2 atom stereocenters. The lowest BCUT2D eigenvalue weighted by Crippen LogP contribution is -2.47. The molecular formula is C14H24N2S2. The number of amidine groups is 1. The summed E-state index contributed by atoms with van der Waals surface area (Å²) in [4.78, 5) is 4.89. The Bertz CT molecular complexity index is 320. The Morgan fingerprint density at radius 1 is 1.33 bits per heavy atom.